The second-order valence-corrected chi connectivity index (χ2v) is 8.09. The molecule has 0 unspecified atom stereocenters. The van der Waals surface area contributed by atoms with Crippen LogP contribution in [0, 0.1) is 0 Å². The Labute approximate surface area is 156 Å². The SMILES string of the molecule is CN1C(C(=O)Nc2ccccc2)=C(O)c2c(ccc3ccccc23)S1(=O)=O. The maximum absolute atomic E-state index is 13.0. The molecule has 0 aromatic heterocycles. The van der Waals surface area contributed by atoms with Gasteiger partial charge in [-0.2, -0.15) is 0 Å². The molecule has 0 bridgehead atoms. The van der Waals surface area contributed by atoms with Gasteiger partial charge in [0.05, 0.1) is 4.90 Å². The van der Waals surface area contributed by atoms with E-state index in [4.69, 9.17) is 0 Å². The minimum Gasteiger partial charge on any atom is -0.505 e. The van der Waals surface area contributed by atoms with Crippen LogP contribution in [0.2, 0.25) is 0 Å². The van der Waals surface area contributed by atoms with Crippen LogP contribution in [0.3, 0.4) is 0 Å². The maximum atomic E-state index is 13.0. The van der Waals surface area contributed by atoms with Gasteiger partial charge in [-0.05, 0) is 29.0 Å². The van der Waals surface area contributed by atoms with Gasteiger partial charge in [0.1, 0.15) is 0 Å². The number of anilines is 1. The Morgan fingerprint density at radius 1 is 0.963 bits per heavy atom. The van der Waals surface area contributed by atoms with E-state index in [-0.39, 0.29) is 21.9 Å². The van der Waals surface area contributed by atoms with E-state index in [1.54, 1.807) is 48.5 Å². The van der Waals surface area contributed by atoms with Gasteiger partial charge in [-0.1, -0.05) is 48.5 Å². The Bertz CT molecular complexity index is 1200. The molecule has 3 aromatic carbocycles. The molecule has 7 heteroatoms. The molecule has 136 valence electrons. The summed E-state index contributed by atoms with van der Waals surface area (Å²) in [6.07, 6.45) is 0. The van der Waals surface area contributed by atoms with Crippen LogP contribution < -0.4 is 5.32 Å². The number of carbonyl (C=O) groups excluding carboxylic acids is 1. The first-order valence-electron chi connectivity index (χ1n) is 8.22. The summed E-state index contributed by atoms with van der Waals surface area (Å²) in [6, 6.07) is 18.9. The fourth-order valence-electron chi connectivity index (χ4n) is 3.21. The first kappa shape index (κ1) is 17.1. The van der Waals surface area contributed by atoms with E-state index in [0.717, 1.165) is 9.69 Å². The van der Waals surface area contributed by atoms with Crippen LogP contribution in [0.25, 0.3) is 16.5 Å². The van der Waals surface area contributed by atoms with Gasteiger partial charge in [0, 0.05) is 18.3 Å². The quantitative estimate of drug-likeness (QED) is 0.714. The standard InChI is InChI=1S/C20H16N2O4S/c1-22-18(20(24)21-14-8-3-2-4-9-14)19(23)17-15-10-6-5-7-13(15)11-12-16(17)27(22,25)26/h2-12,23H,1H3,(H,21,24). The molecule has 0 radical (unpaired) electrons. The van der Waals surface area contributed by atoms with E-state index in [1.807, 2.05) is 12.1 Å². The lowest BCUT2D eigenvalue weighted by molar-refractivity contribution is -0.113. The van der Waals surface area contributed by atoms with E-state index in [0.29, 0.717) is 11.1 Å². The summed E-state index contributed by atoms with van der Waals surface area (Å²) in [4.78, 5) is 12.8. The molecule has 6 nitrogen and oxygen atoms in total. The van der Waals surface area contributed by atoms with Crippen molar-refractivity contribution in [3.8, 4) is 0 Å². The number of carbonyl (C=O) groups is 1. The van der Waals surface area contributed by atoms with Crippen molar-refractivity contribution in [3.05, 3.63) is 78.0 Å². The minimum absolute atomic E-state index is 0.0301. The number of rotatable bonds is 2. The van der Waals surface area contributed by atoms with Crippen molar-refractivity contribution in [1.82, 2.24) is 4.31 Å². The number of hydrogen-bond donors (Lipinski definition) is 2. The van der Waals surface area contributed by atoms with Crippen LogP contribution in [0.1, 0.15) is 5.56 Å². The molecule has 1 aliphatic heterocycles. The van der Waals surface area contributed by atoms with Gasteiger partial charge in [-0.25, -0.2) is 8.42 Å². The van der Waals surface area contributed by atoms with Crippen LogP contribution >= 0.6 is 0 Å². The molecule has 1 aliphatic rings. The Morgan fingerprint density at radius 3 is 2.37 bits per heavy atom. The number of aliphatic hydroxyl groups excluding tert-OH is 1. The van der Waals surface area contributed by atoms with E-state index >= 15 is 0 Å². The zero-order valence-electron chi connectivity index (χ0n) is 14.4. The Morgan fingerprint density at radius 2 is 1.63 bits per heavy atom. The van der Waals surface area contributed by atoms with Crippen molar-refractivity contribution in [2.24, 2.45) is 0 Å². The molecular weight excluding hydrogens is 364 g/mol. The summed E-state index contributed by atoms with van der Waals surface area (Å²) < 4.78 is 26.7. The van der Waals surface area contributed by atoms with E-state index in [2.05, 4.69) is 5.32 Å². The van der Waals surface area contributed by atoms with Gasteiger partial charge in [0.25, 0.3) is 15.9 Å². The number of nitrogens with zero attached hydrogens (tertiary/aromatic N) is 1. The molecule has 1 heterocycles. The summed E-state index contributed by atoms with van der Waals surface area (Å²) in [6.45, 7) is 0. The highest BCUT2D eigenvalue weighted by Crippen LogP contribution is 2.39. The molecule has 0 aliphatic carbocycles. The summed E-state index contributed by atoms with van der Waals surface area (Å²) >= 11 is 0. The highest BCUT2D eigenvalue weighted by atomic mass is 32.2. The predicted molar refractivity (Wildman–Crippen MR) is 104 cm³/mol. The molecule has 0 atom stereocenters. The third-order valence-corrected chi connectivity index (χ3v) is 6.35. The summed E-state index contributed by atoms with van der Waals surface area (Å²) in [5.41, 5.74) is 0.324. The molecule has 27 heavy (non-hydrogen) atoms. The van der Waals surface area contributed by atoms with Crippen molar-refractivity contribution in [2.75, 3.05) is 12.4 Å². The van der Waals surface area contributed by atoms with Crippen molar-refractivity contribution in [3.63, 3.8) is 0 Å². The zero-order chi connectivity index (χ0) is 19.2. The lowest BCUT2D eigenvalue weighted by Gasteiger charge is -2.29. The summed E-state index contributed by atoms with van der Waals surface area (Å²) in [7, 11) is -2.72. The van der Waals surface area contributed by atoms with Crippen molar-refractivity contribution < 1.29 is 18.3 Å². The number of hydrogen-bond acceptors (Lipinski definition) is 4. The second-order valence-electron chi connectivity index (χ2n) is 6.15. The van der Waals surface area contributed by atoms with Gasteiger partial charge in [-0.3, -0.25) is 9.10 Å². The molecule has 1 amide bonds. The topological polar surface area (TPSA) is 86.7 Å². The number of likely N-dealkylation sites (N-methyl/N-ethyl adjacent to an activating group) is 1. The van der Waals surface area contributed by atoms with Crippen LogP contribution in [0.5, 0.6) is 0 Å². The third-order valence-electron chi connectivity index (χ3n) is 4.55. The number of fused-ring (bicyclic) bond motifs is 3. The van der Waals surface area contributed by atoms with Crippen LogP contribution in [0.15, 0.2) is 77.3 Å². The number of nitrogens with one attached hydrogen (secondary N) is 1. The Kier molecular flexibility index (Phi) is 3.89. The fourth-order valence-corrected chi connectivity index (χ4v) is 4.62. The molecule has 3 aromatic rings. The van der Waals surface area contributed by atoms with E-state index in [1.165, 1.54) is 13.1 Å². The van der Waals surface area contributed by atoms with Crippen LogP contribution in [-0.4, -0.2) is 30.8 Å². The van der Waals surface area contributed by atoms with Gasteiger partial charge in [0.15, 0.2) is 11.5 Å². The van der Waals surface area contributed by atoms with Gasteiger partial charge < -0.3 is 10.4 Å². The van der Waals surface area contributed by atoms with Gasteiger partial charge in [-0.15, -0.1) is 0 Å². The lowest BCUT2D eigenvalue weighted by atomic mass is 10.0. The molecule has 0 spiro atoms. The molecule has 4 rings (SSSR count). The van der Waals surface area contributed by atoms with Gasteiger partial charge >= 0.3 is 0 Å². The van der Waals surface area contributed by atoms with Gasteiger partial charge in [0.2, 0.25) is 0 Å². The molecule has 2 N–H and O–H groups in total. The molecule has 0 fully saturated rings. The molecule has 0 saturated carbocycles. The smallest absolute Gasteiger partial charge is 0.276 e. The first-order chi connectivity index (χ1) is 12.9. The van der Waals surface area contributed by atoms with E-state index < -0.39 is 15.9 Å². The average Bonchev–Trinajstić information content (AvgIpc) is 2.66. The zero-order valence-corrected chi connectivity index (χ0v) is 15.2. The average molecular weight is 380 g/mol. The predicted octanol–water partition coefficient (Wildman–Crippen LogP) is 3.34. The molecule has 0 saturated heterocycles. The largest absolute Gasteiger partial charge is 0.505 e. The number of para-hydroxylation sites is 1. The Hall–Kier alpha value is -3.32. The number of aliphatic hydroxyl groups is 1. The highest BCUT2D eigenvalue weighted by molar-refractivity contribution is 7.89. The first-order valence-corrected chi connectivity index (χ1v) is 9.66. The number of benzene rings is 3. The summed E-state index contributed by atoms with van der Waals surface area (Å²) in [5.74, 6) is -1.07. The van der Waals surface area contributed by atoms with Crippen molar-refractivity contribution in [2.45, 2.75) is 4.90 Å². The fraction of sp³-hybridized carbons (Fsp3) is 0.0500. The molecular formula is C20H16N2O4S. The van der Waals surface area contributed by atoms with Crippen LogP contribution in [-0.2, 0) is 14.8 Å². The van der Waals surface area contributed by atoms with Crippen molar-refractivity contribution >= 4 is 38.1 Å². The second kappa shape index (κ2) is 6.14. The number of amides is 1. The highest BCUT2D eigenvalue weighted by Gasteiger charge is 2.38. The monoisotopic (exact) mass is 380 g/mol. The maximum Gasteiger partial charge on any atom is 0.276 e. The van der Waals surface area contributed by atoms with Crippen LogP contribution in [0.4, 0.5) is 5.69 Å². The lowest BCUT2D eigenvalue weighted by Crippen LogP contribution is -2.37. The van der Waals surface area contributed by atoms with E-state index in [9.17, 15) is 18.3 Å². The normalized spacial score (nSPS) is 15.5. The third kappa shape index (κ3) is 2.63. The minimum atomic E-state index is -3.98. The number of sulfonamides is 1. The Balaban J connectivity index is 1.94. The van der Waals surface area contributed by atoms with Crippen molar-refractivity contribution in [1.29, 1.82) is 0 Å². The summed E-state index contributed by atoms with van der Waals surface area (Å²) in [5, 5.41) is 14.8.